The third-order valence-electron chi connectivity index (χ3n) is 6.87. The Kier molecular flexibility index (Phi) is 6.17. The van der Waals surface area contributed by atoms with E-state index in [9.17, 15) is 19.1 Å². The van der Waals surface area contributed by atoms with Crippen molar-refractivity contribution in [1.29, 1.82) is 0 Å². The second-order valence-electron chi connectivity index (χ2n) is 8.87. The molecular formula is C28H28FNO3. The predicted molar refractivity (Wildman–Crippen MR) is 128 cm³/mol. The number of halogens is 1. The van der Waals surface area contributed by atoms with Gasteiger partial charge in [0.2, 0.25) is 0 Å². The van der Waals surface area contributed by atoms with Gasteiger partial charge in [-0.05, 0) is 97.2 Å². The van der Waals surface area contributed by atoms with Gasteiger partial charge in [-0.3, -0.25) is 9.59 Å². The minimum atomic E-state index is -0.726. The summed E-state index contributed by atoms with van der Waals surface area (Å²) in [6.07, 6.45) is 1.30. The summed E-state index contributed by atoms with van der Waals surface area (Å²) < 4.78 is 14.7. The van der Waals surface area contributed by atoms with Crippen LogP contribution in [0.4, 0.5) is 4.39 Å². The molecule has 0 saturated carbocycles. The molecule has 4 nitrogen and oxygen atoms in total. The molecule has 0 bridgehead atoms. The first-order chi connectivity index (χ1) is 15.7. The van der Waals surface area contributed by atoms with E-state index in [4.69, 9.17) is 0 Å². The van der Waals surface area contributed by atoms with E-state index in [1.807, 2.05) is 12.1 Å². The Morgan fingerprint density at radius 1 is 1.06 bits per heavy atom. The molecule has 0 aliphatic heterocycles. The smallest absolute Gasteiger partial charge is 0.254 e. The maximum absolute atomic E-state index is 14.7. The first kappa shape index (κ1) is 22.9. The van der Waals surface area contributed by atoms with Crippen molar-refractivity contribution in [2.75, 3.05) is 0 Å². The lowest BCUT2D eigenvalue weighted by atomic mass is 9.88. The Labute approximate surface area is 193 Å². The number of carbonyl (C=O) groups excluding carboxylic acids is 1. The van der Waals surface area contributed by atoms with E-state index >= 15 is 0 Å². The predicted octanol–water partition coefficient (Wildman–Crippen LogP) is 5.00. The Bertz CT molecular complexity index is 1330. The van der Waals surface area contributed by atoms with Crippen molar-refractivity contribution < 1.29 is 14.3 Å². The van der Waals surface area contributed by atoms with Crippen LogP contribution < -0.4 is 10.7 Å². The molecule has 3 aromatic carbocycles. The highest BCUT2D eigenvalue weighted by Gasteiger charge is 2.27. The van der Waals surface area contributed by atoms with Crippen molar-refractivity contribution in [1.82, 2.24) is 5.32 Å². The Morgan fingerprint density at radius 2 is 1.82 bits per heavy atom. The zero-order chi connectivity index (χ0) is 23.9. The molecule has 0 saturated heterocycles. The molecule has 0 spiro atoms. The molecule has 0 aromatic heterocycles. The van der Waals surface area contributed by atoms with Gasteiger partial charge >= 0.3 is 0 Å². The minimum absolute atomic E-state index is 0.0711. The summed E-state index contributed by atoms with van der Waals surface area (Å²) in [4.78, 5) is 25.9. The minimum Gasteiger partial charge on any atom is -0.392 e. The van der Waals surface area contributed by atoms with Crippen LogP contribution in [0.25, 0.3) is 11.1 Å². The monoisotopic (exact) mass is 445 g/mol. The second kappa shape index (κ2) is 8.91. The zero-order valence-corrected chi connectivity index (χ0v) is 19.4. The summed E-state index contributed by atoms with van der Waals surface area (Å²) in [6.45, 7) is 7.58. The van der Waals surface area contributed by atoms with Crippen LogP contribution in [0.15, 0.2) is 47.3 Å². The van der Waals surface area contributed by atoms with E-state index < -0.39 is 24.4 Å². The number of rotatable bonds is 3. The van der Waals surface area contributed by atoms with E-state index in [1.165, 1.54) is 28.8 Å². The molecule has 1 aliphatic rings. The number of aryl methyl sites for hydroxylation is 3. The highest BCUT2D eigenvalue weighted by molar-refractivity contribution is 5.95. The summed E-state index contributed by atoms with van der Waals surface area (Å²) in [7, 11) is 0. The van der Waals surface area contributed by atoms with E-state index in [2.05, 4.69) is 32.2 Å². The van der Waals surface area contributed by atoms with Gasteiger partial charge in [-0.1, -0.05) is 30.3 Å². The molecule has 0 heterocycles. The van der Waals surface area contributed by atoms with Gasteiger partial charge in [-0.2, -0.15) is 0 Å². The lowest BCUT2D eigenvalue weighted by Crippen LogP contribution is -2.30. The third-order valence-corrected chi connectivity index (χ3v) is 6.87. The summed E-state index contributed by atoms with van der Waals surface area (Å²) in [5.41, 5.74) is 7.99. The molecule has 33 heavy (non-hydrogen) atoms. The first-order valence-electron chi connectivity index (χ1n) is 11.2. The average Bonchev–Trinajstić information content (AvgIpc) is 3.02. The van der Waals surface area contributed by atoms with Gasteiger partial charge in [0.1, 0.15) is 5.82 Å². The van der Waals surface area contributed by atoms with Gasteiger partial charge in [0, 0.05) is 5.56 Å². The normalized spacial score (nSPS) is 14.8. The van der Waals surface area contributed by atoms with Crippen molar-refractivity contribution in [3.8, 4) is 11.1 Å². The van der Waals surface area contributed by atoms with Crippen molar-refractivity contribution >= 4 is 5.91 Å². The number of hydrogen-bond acceptors (Lipinski definition) is 3. The van der Waals surface area contributed by atoms with Crippen LogP contribution in [0, 0.1) is 33.5 Å². The van der Waals surface area contributed by atoms with Crippen LogP contribution in [-0.2, 0) is 13.0 Å². The van der Waals surface area contributed by atoms with Gasteiger partial charge < -0.3 is 10.4 Å². The van der Waals surface area contributed by atoms with Crippen molar-refractivity contribution in [3.63, 3.8) is 0 Å². The van der Waals surface area contributed by atoms with E-state index in [0.29, 0.717) is 18.4 Å². The molecule has 3 aromatic rings. The summed E-state index contributed by atoms with van der Waals surface area (Å²) >= 11 is 0. The molecule has 2 N–H and O–H groups in total. The van der Waals surface area contributed by atoms with Crippen molar-refractivity contribution in [3.05, 3.63) is 103 Å². The fraction of sp³-hybridized carbons (Fsp3) is 0.286. The summed E-state index contributed by atoms with van der Waals surface area (Å²) in [5.74, 6) is -1.29. The van der Waals surface area contributed by atoms with Crippen LogP contribution in [-0.4, -0.2) is 11.0 Å². The molecule has 5 heteroatoms. The summed E-state index contributed by atoms with van der Waals surface area (Å²) in [5, 5.41) is 12.3. The van der Waals surface area contributed by atoms with E-state index in [-0.39, 0.29) is 16.6 Å². The number of carbonyl (C=O) groups is 1. The highest BCUT2D eigenvalue weighted by atomic mass is 19.1. The van der Waals surface area contributed by atoms with Crippen LogP contribution in [0.1, 0.15) is 61.8 Å². The number of hydrogen-bond donors (Lipinski definition) is 2. The van der Waals surface area contributed by atoms with Crippen molar-refractivity contribution in [2.24, 2.45) is 0 Å². The van der Waals surface area contributed by atoms with Crippen LogP contribution in [0.5, 0.6) is 0 Å². The zero-order valence-electron chi connectivity index (χ0n) is 19.4. The fourth-order valence-corrected chi connectivity index (χ4v) is 4.69. The number of aliphatic hydroxyl groups is 1. The van der Waals surface area contributed by atoms with Gasteiger partial charge in [-0.25, -0.2) is 4.39 Å². The number of benzene rings is 2. The number of amides is 1. The molecule has 170 valence electrons. The topological polar surface area (TPSA) is 66.4 Å². The third kappa shape index (κ3) is 4.09. The van der Waals surface area contributed by atoms with Crippen LogP contribution in [0.3, 0.4) is 0 Å². The van der Waals surface area contributed by atoms with Gasteiger partial charge in [0.05, 0.1) is 18.2 Å². The summed E-state index contributed by atoms with van der Waals surface area (Å²) in [6, 6.07) is 11.5. The lowest BCUT2D eigenvalue weighted by Gasteiger charge is -2.19. The molecule has 1 atom stereocenters. The average molecular weight is 446 g/mol. The van der Waals surface area contributed by atoms with Crippen LogP contribution >= 0.6 is 0 Å². The number of fused-ring (bicyclic) bond motifs is 3. The quantitative estimate of drug-likeness (QED) is 0.597. The van der Waals surface area contributed by atoms with Gasteiger partial charge in [0.15, 0.2) is 5.43 Å². The molecule has 0 unspecified atom stereocenters. The molecule has 0 radical (unpaired) electrons. The Morgan fingerprint density at radius 3 is 2.55 bits per heavy atom. The van der Waals surface area contributed by atoms with E-state index in [1.54, 1.807) is 19.1 Å². The maximum Gasteiger partial charge on any atom is 0.254 e. The maximum atomic E-state index is 14.7. The molecule has 1 amide bonds. The molecular weight excluding hydrogens is 417 g/mol. The van der Waals surface area contributed by atoms with Crippen LogP contribution in [0.2, 0.25) is 0 Å². The Balaban J connectivity index is 1.87. The Hall–Kier alpha value is -3.31. The number of nitrogens with one attached hydrogen (secondary N) is 1. The molecule has 4 rings (SSSR count). The van der Waals surface area contributed by atoms with Gasteiger partial charge in [0.25, 0.3) is 5.91 Å². The van der Waals surface area contributed by atoms with E-state index in [0.717, 1.165) is 22.3 Å². The molecule has 0 fully saturated rings. The van der Waals surface area contributed by atoms with Gasteiger partial charge in [-0.15, -0.1) is 0 Å². The lowest BCUT2D eigenvalue weighted by molar-refractivity contribution is 0.0930. The van der Waals surface area contributed by atoms with Crippen molar-refractivity contribution in [2.45, 2.75) is 53.2 Å². The standard InChI is InChI=1S/C28H28FNO3/c1-15-8-10-21-23(13-25(15)32)24(11-9-19-12-16(2)17(3)18(4)26(19)21)30-28(33)22-7-5-6-20(14-31)27(22)29/h5-8,10,12-13,24,31H,9,11,14H2,1-4H3,(H,30,33)/t24-/m0/s1. The largest absolute Gasteiger partial charge is 0.392 e. The second-order valence-corrected chi connectivity index (χ2v) is 8.87. The number of aliphatic hydroxyl groups excluding tert-OH is 1. The highest BCUT2D eigenvalue weighted by Crippen LogP contribution is 2.40. The fourth-order valence-electron chi connectivity index (χ4n) is 4.69. The molecule has 1 aliphatic carbocycles. The first-order valence-corrected chi connectivity index (χ1v) is 11.2. The SMILES string of the molecule is Cc1cc2c(c(C)c1C)-c1ccc(C)c(=O)cc1[C@@H](NC(=O)c1cccc(CO)c1F)CC2.